The zero-order valence-corrected chi connectivity index (χ0v) is 8.84. The first-order chi connectivity index (χ1) is 6.89. The summed E-state index contributed by atoms with van der Waals surface area (Å²) in [6, 6.07) is 0. The van der Waals surface area contributed by atoms with Gasteiger partial charge in [0.15, 0.2) is 0 Å². The molecule has 2 heteroatoms. The van der Waals surface area contributed by atoms with Crippen LogP contribution in [0.3, 0.4) is 0 Å². The molecule has 1 heterocycles. The van der Waals surface area contributed by atoms with Crippen LogP contribution in [0.2, 0.25) is 0 Å². The van der Waals surface area contributed by atoms with Crippen molar-refractivity contribution in [1.29, 1.82) is 0 Å². The van der Waals surface area contributed by atoms with Crippen molar-refractivity contribution < 1.29 is 9.53 Å². The van der Waals surface area contributed by atoms with Gasteiger partial charge in [-0.25, -0.2) is 0 Å². The molecule has 0 amide bonds. The Morgan fingerprint density at radius 1 is 0.929 bits per heavy atom. The molecule has 2 nitrogen and oxygen atoms in total. The summed E-state index contributed by atoms with van der Waals surface area (Å²) in [7, 11) is 0. The smallest absolute Gasteiger partial charge is 0.309 e. The Morgan fingerprint density at radius 2 is 1.64 bits per heavy atom. The van der Waals surface area contributed by atoms with Crippen LogP contribution >= 0.6 is 0 Å². The van der Waals surface area contributed by atoms with E-state index in [0.717, 1.165) is 12.8 Å². The van der Waals surface area contributed by atoms with Crippen LogP contribution in [-0.2, 0) is 9.53 Å². The van der Waals surface area contributed by atoms with Crippen molar-refractivity contribution in [3.8, 4) is 0 Å². The van der Waals surface area contributed by atoms with Gasteiger partial charge in [-0.3, -0.25) is 4.79 Å². The van der Waals surface area contributed by atoms with Crippen LogP contribution in [0, 0.1) is 0 Å². The van der Waals surface area contributed by atoms with Crippen molar-refractivity contribution in [1.82, 2.24) is 0 Å². The van der Waals surface area contributed by atoms with E-state index in [1.54, 1.807) is 0 Å². The minimum Gasteiger partial charge on any atom is -0.465 e. The van der Waals surface area contributed by atoms with Crippen molar-refractivity contribution in [3.63, 3.8) is 0 Å². The van der Waals surface area contributed by atoms with E-state index in [9.17, 15) is 4.79 Å². The number of carbonyl (C=O) groups excluding carboxylic acids is 1. The van der Waals surface area contributed by atoms with Crippen molar-refractivity contribution >= 4 is 5.97 Å². The number of ether oxygens (including phenoxy) is 1. The highest BCUT2D eigenvalue weighted by Gasteiger charge is 1.99. The fourth-order valence-electron chi connectivity index (χ4n) is 1.61. The third-order valence-electron chi connectivity index (χ3n) is 2.48. The fourth-order valence-corrected chi connectivity index (χ4v) is 1.61. The van der Waals surface area contributed by atoms with Crippen molar-refractivity contribution in [2.45, 2.75) is 51.4 Å². The normalized spacial score (nSPS) is 21.6. The van der Waals surface area contributed by atoms with Gasteiger partial charge in [-0.1, -0.05) is 37.8 Å². The number of hydrogen-bond acceptors (Lipinski definition) is 2. The molecule has 1 rings (SSSR count). The lowest BCUT2D eigenvalue weighted by molar-refractivity contribution is -0.142. The first-order valence-electron chi connectivity index (χ1n) is 5.70. The highest BCUT2D eigenvalue weighted by Crippen LogP contribution is 2.09. The molecule has 80 valence electrons. The average molecular weight is 196 g/mol. The van der Waals surface area contributed by atoms with Crippen molar-refractivity contribution in [2.75, 3.05) is 6.61 Å². The second kappa shape index (κ2) is 7.60. The first-order valence-corrected chi connectivity index (χ1v) is 5.70. The van der Waals surface area contributed by atoms with E-state index >= 15 is 0 Å². The van der Waals surface area contributed by atoms with E-state index in [-0.39, 0.29) is 5.97 Å². The van der Waals surface area contributed by atoms with Gasteiger partial charge in [0.25, 0.3) is 0 Å². The van der Waals surface area contributed by atoms with Gasteiger partial charge in [-0.2, -0.15) is 0 Å². The Hall–Kier alpha value is -0.790. The van der Waals surface area contributed by atoms with Gasteiger partial charge in [0.05, 0.1) is 13.0 Å². The molecule has 14 heavy (non-hydrogen) atoms. The molecule has 0 unspecified atom stereocenters. The summed E-state index contributed by atoms with van der Waals surface area (Å²) in [5.74, 6) is -0.0829. The largest absolute Gasteiger partial charge is 0.465 e. The van der Waals surface area contributed by atoms with E-state index in [0.29, 0.717) is 13.0 Å². The van der Waals surface area contributed by atoms with E-state index in [4.69, 9.17) is 4.74 Å². The van der Waals surface area contributed by atoms with E-state index in [2.05, 4.69) is 6.08 Å². The number of carbonyl (C=O) groups is 1. The Labute approximate surface area is 86.3 Å². The second-order valence-corrected chi connectivity index (χ2v) is 3.81. The highest BCUT2D eigenvalue weighted by molar-refractivity contribution is 5.71. The molecular formula is C12H20O2. The number of rotatable bonds is 0. The third-order valence-corrected chi connectivity index (χ3v) is 2.48. The van der Waals surface area contributed by atoms with Crippen LogP contribution in [-0.4, -0.2) is 12.6 Å². The highest BCUT2D eigenvalue weighted by atomic mass is 16.5. The minimum absolute atomic E-state index is 0.0829. The Bertz CT molecular complexity index is 185. The zero-order valence-electron chi connectivity index (χ0n) is 8.84. The monoisotopic (exact) mass is 196 g/mol. The van der Waals surface area contributed by atoms with Crippen LogP contribution in [0.5, 0.6) is 0 Å². The maximum atomic E-state index is 11.1. The molecule has 0 aromatic carbocycles. The van der Waals surface area contributed by atoms with Crippen LogP contribution in [0.1, 0.15) is 51.4 Å². The van der Waals surface area contributed by atoms with Crippen LogP contribution in [0.4, 0.5) is 0 Å². The van der Waals surface area contributed by atoms with Gasteiger partial charge in [0.2, 0.25) is 0 Å². The van der Waals surface area contributed by atoms with Crippen molar-refractivity contribution in [2.24, 2.45) is 0 Å². The first kappa shape index (κ1) is 11.3. The quantitative estimate of drug-likeness (QED) is 0.439. The Morgan fingerprint density at radius 3 is 2.50 bits per heavy atom. The summed E-state index contributed by atoms with van der Waals surface area (Å²) in [4.78, 5) is 11.1. The molecule has 1 aliphatic heterocycles. The van der Waals surface area contributed by atoms with Gasteiger partial charge in [0, 0.05) is 0 Å². The number of allylic oxidation sites excluding steroid dienone is 1. The molecule has 0 radical (unpaired) electrons. The summed E-state index contributed by atoms with van der Waals surface area (Å²) >= 11 is 0. The zero-order chi connectivity index (χ0) is 10.1. The Balaban J connectivity index is 2.24. The summed E-state index contributed by atoms with van der Waals surface area (Å²) in [5, 5.41) is 0. The molecular weight excluding hydrogens is 176 g/mol. The Kier molecular flexibility index (Phi) is 6.13. The molecule has 0 spiro atoms. The topological polar surface area (TPSA) is 26.3 Å². The van der Waals surface area contributed by atoms with E-state index < -0.39 is 0 Å². The molecule has 0 aromatic heterocycles. The van der Waals surface area contributed by atoms with E-state index in [1.165, 1.54) is 32.1 Å². The summed E-state index contributed by atoms with van der Waals surface area (Å²) in [5.41, 5.74) is 0. The summed E-state index contributed by atoms with van der Waals surface area (Å²) in [6.45, 7) is 0.604. The lowest BCUT2D eigenvalue weighted by atomic mass is 10.1. The number of esters is 1. The fraction of sp³-hybridized carbons (Fsp3) is 0.750. The molecule has 1 aliphatic rings. The molecule has 0 saturated carbocycles. The summed E-state index contributed by atoms with van der Waals surface area (Å²) < 4.78 is 5.07. The molecule has 0 bridgehead atoms. The lowest BCUT2D eigenvalue weighted by Crippen LogP contribution is -2.04. The van der Waals surface area contributed by atoms with Gasteiger partial charge in [-0.05, 0) is 19.3 Å². The lowest BCUT2D eigenvalue weighted by Gasteiger charge is -2.02. The number of hydrogen-bond donors (Lipinski definition) is 0. The van der Waals surface area contributed by atoms with E-state index in [1.807, 2.05) is 6.08 Å². The average Bonchev–Trinajstić information content (AvgIpc) is 2.20. The van der Waals surface area contributed by atoms with Crippen LogP contribution in [0.25, 0.3) is 0 Å². The van der Waals surface area contributed by atoms with Crippen LogP contribution < -0.4 is 0 Å². The van der Waals surface area contributed by atoms with Crippen LogP contribution in [0.15, 0.2) is 12.2 Å². The predicted molar refractivity (Wildman–Crippen MR) is 57.0 cm³/mol. The van der Waals surface area contributed by atoms with Gasteiger partial charge in [-0.15, -0.1) is 0 Å². The van der Waals surface area contributed by atoms with Gasteiger partial charge in [0.1, 0.15) is 0 Å². The van der Waals surface area contributed by atoms with Gasteiger partial charge >= 0.3 is 5.97 Å². The third kappa shape index (κ3) is 5.79. The van der Waals surface area contributed by atoms with Gasteiger partial charge < -0.3 is 4.74 Å². The molecule has 0 atom stereocenters. The molecule has 0 N–H and O–H groups in total. The molecule has 0 aliphatic carbocycles. The standard InChI is InChI=1S/C12H20O2/c13-12-10-8-6-4-2-1-3-5-7-9-11-14-12/h6,8H,1-5,7,9-11H2. The maximum Gasteiger partial charge on any atom is 0.309 e. The SMILES string of the molecule is O=C1CC=CCCCCCCCCO1. The minimum atomic E-state index is -0.0829. The predicted octanol–water partition coefficient (Wildman–Crippen LogP) is 3.22. The van der Waals surface area contributed by atoms with Crippen molar-refractivity contribution in [3.05, 3.63) is 12.2 Å². The second-order valence-electron chi connectivity index (χ2n) is 3.81. The molecule has 0 fully saturated rings. The molecule has 0 saturated heterocycles. The number of cyclic esters (lactones) is 1. The summed E-state index contributed by atoms with van der Waals surface area (Å²) in [6.07, 6.45) is 13.0. The molecule has 0 aromatic rings. The maximum absolute atomic E-state index is 11.1.